The summed E-state index contributed by atoms with van der Waals surface area (Å²) in [5, 5.41) is 19.9. The van der Waals surface area contributed by atoms with E-state index in [1.54, 1.807) is 17.0 Å². The zero-order chi connectivity index (χ0) is 17.7. The molecule has 0 radical (unpaired) electrons. The molecule has 2 N–H and O–H groups in total. The number of carbonyl (C=O) groups is 1. The molecular formula is C19H22FNO3. The number of benzene rings is 2. The smallest absolute Gasteiger partial charge is 0.254 e. The molecule has 128 valence electrons. The van der Waals surface area contributed by atoms with Gasteiger partial charge in [0.25, 0.3) is 5.91 Å². The summed E-state index contributed by atoms with van der Waals surface area (Å²) in [6.45, 7) is 4.52. The van der Waals surface area contributed by atoms with Crippen LogP contribution in [0.25, 0.3) is 0 Å². The number of amides is 1. The molecule has 0 aliphatic rings. The highest BCUT2D eigenvalue weighted by atomic mass is 19.1. The van der Waals surface area contributed by atoms with Crippen LogP contribution in [0.15, 0.2) is 48.5 Å². The van der Waals surface area contributed by atoms with Crippen LogP contribution in [0.1, 0.15) is 35.9 Å². The topological polar surface area (TPSA) is 60.8 Å². The van der Waals surface area contributed by atoms with Crippen molar-refractivity contribution in [2.75, 3.05) is 13.1 Å². The molecule has 0 saturated carbocycles. The molecule has 24 heavy (non-hydrogen) atoms. The minimum absolute atomic E-state index is 0.0180. The van der Waals surface area contributed by atoms with E-state index < -0.39 is 6.10 Å². The molecule has 0 aromatic heterocycles. The maximum Gasteiger partial charge on any atom is 0.254 e. The summed E-state index contributed by atoms with van der Waals surface area (Å²) in [7, 11) is 0. The normalized spacial score (nSPS) is 12.2. The van der Waals surface area contributed by atoms with E-state index in [1.165, 1.54) is 36.4 Å². The fourth-order valence-corrected chi connectivity index (χ4v) is 2.50. The number of phenols is 1. The number of aromatic hydroxyl groups is 1. The molecule has 0 heterocycles. The first-order valence-electron chi connectivity index (χ1n) is 7.88. The summed E-state index contributed by atoms with van der Waals surface area (Å²) in [4.78, 5) is 14.2. The first-order valence-corrected chi connectivity index (χ1v) is 7.88. The van der Waals surface area contributed by atoms with Crippen LogP contribution < -0.4 is 0 Å². The Hall–Kier alpha value is -2.40. The molecule has 5 heteroatoms. The number of aliphatic hydroxyl groups excluding tert-OH is 1. The average molecular weight is 331 g/mol. The van der Waals surface area contributed by atoms with Crippen LogP contribution in [0.3, 0.4) is 0 Å². The lowest BCUT2D eigenvalue weighted by Crippen LogP contribution is -2.37. The zero-order valence-electron chi connectivity index (χ0n) is 13.8. The van der Waals surface area contributed by atoms with Crippen molar-refractivity contribution in [1.82, 2.24) is 4.90 Å². The number of hydrogen-bond acceptors (Lipinski definition) is 3. The van der Waals surface area contributed by atoms with Gasteiger partial charge in [0, 0.05) is 12.1 Å². The van der Waals surface area contributed by atoms with E-state index in [2.05, 4.69) is 0 Å². The highest BCUT2D eigenvalue weighted by Crippen LogP contribution is 2.19. The van der Waals surface area contributed by atoms with Gasteiger partial charge in [0.2, 0.25) is 0 Å². The van der Waals surface area contributed by atoms with E-state index in [1.807, 2.05) is 13.8 Å². The number of hydrogen-bond donors (Lipinski definition) is 2. The fourth-order valence-electron chi connectivity index (χ4n) is 2.50. The average Bonchev–Trinajstić information content (AvgIpc) is 2.53. The highest BCUT2D eigenvalue weighted by Gasteiger charge is 2.21. The molecule has 0 aliphatic carbocycles. The van der Waals surface area contributed by atoms with E-state index in [0.29, 0.717) is 17.7 Å². The van der Waals surface area contributed by atoms with Gasteiger partial charge in [-0.15, -0.1) is 0 Å². The minimum atomic E-state index is -0.911. The van der Waals surface area contributed by atoms with Crippen LogP contribution in [-0.4, -0.2) is 34.1 Å². The van der Waals surface area contributed by atoms with Crippen LogP contribution in [0, 0.1) is 11.7 Å². The number of halogens is 1. The Morgan fingerprint density at radius 2 is 1.79 bits per heavy atom. The van der Waals surface area contributed by atoms with Crippen LogP contribution in [0.5, 0.6) is 5.75 Å². The van der Waals surface area contributed by atoms with Crippen molar-refractivity contribution in [2.24, 2.45) is 5.92 Å². The van der Waals surface area contributed by atoms with Gasteiger partial charge in [0.05, 0.1) is 12.6 Å². The predicted molar refractivity (Wildman–Crippen MR) is 90.2 cm³/mol. The van der Waals surface area contributed by atoms with Crippen molar-refractivity contribution in [3.63, 3.8) is 0 Å². The molecule has 0 fully saturated rings. The Morgan fingerprint density at radius 1 is 1.12 bits per heavy atom. The molecule has 0 spiro atoms. The number of carbonyl (C=O) groups excluding carboxylic acids is 1. The van der Waals surface area contributed by atoms with Crippen molar-refractivity contribution in [3.05, 3.63) is 65.5 Å². The van der Waals surface area contributed by atoms with Crippen LogP contribution in [-0.2, 0) is 0 Å². The summed E-state index contributed by atoms with van der Waals surface area (Å²) < 4.78 is 13.0. The van der Waals surface area contributed by atoms with Crippen molar-refractivity contribution < 1.29 is 19.4 Å². The van der Waals surface area contributed by atoms with Crippen molar-refractivity contribution in [3.8, 4) is 5.75 Å². The third kappa shape index (κ3) is 4.80. The quantitative estimate of drug-likeness (QED) is 0.853. The Kier molecular flexibility index (Phi) is 5.93. The summed E-state index contributed by atoms with van der Waals surface area (Å²) in [5.41, 5.74) is 0.913. The zero-order valence-corrected chi connectivity index (χ0v) is 13.8. The highest BCUT2D eigenvalue weighted by molar-refractivity contribution is 5.94. The number of phenolic OH excluding ortho intramolecular Hbond substituents is 1. The Morgan fingerprint density at radius 3 is 2.38 bits per heavy atom. The molecule has 1 unspecified atom stereocenters. The molecular weight excluding hydrogens is 309 g/mol. The molecule has 0 bridgehead atoms. The third-order valence-electron chi connectivity index (χ3n) is 3.61. The van der Waals surface area contributed by atoms with Gasteiger partial charge in [0.15, 0.2) is 0 Å². The lowest BCUT2D eigenvalue weighted by atomic mass is 10.1. The maximum atomic E-state index is 13.0. The lowest BCUT2D eigenvalue weighted by Gasteiger charge is -2.27. The molecule has 4 nitrogen and oxygen atoms in total. The monoisotopic (exact) mass is 331 g/mol. The summed E-state index contributed by atoms with van der Waals surface area (Å²) in [6, 6.07) is 11.7. The van der Waals surface area contributed by atoms with Gasteiger partial charge in [0.1, 0.15) is 11.6 Å². The first-order chi connectivity index (χ1) is 11.4. The second-order valence-electron chi connectivity index (χ2n) is 6.22. The van der Waals surface area contributed by atoms with Crippen LogP contribution in [0.2, 0.25) is 0 Å². The van der Waals surface area contributed by atoms with E-state index in [4.69, 9.17) is 0 Å². The van der Waals surface area contributed by atoms with Crippen molar-refractivity contribution in [2.45, 2.75) is 20.0 Å². The Balaban J connectivity index is 2.18. The van der Waals surface area contributed by atoms with Crippen LogP contribution in [0.4, 0.5) is 4.39 Å². The Bertz CT molecular complexity index is 685. The van der Waals surface area contributed by atoms with E-state index in [0.717, 1.165) is 0 Å². The van der Waals surface area contributed by atoms with E-state index in [9.17, 15) is 19.4 Å². The van der Waals surface area contributed by atoms with Gasteiger partial charge in [-0.05, 0) is 41.8 Å². The third-order valence-corrected chi connectivity index (χ3v) is 3.61. The van der Waals surface area contributed by atoms with Gasteiger partial charge < -0.3 is 15.1 Å². The van der Waals surface area contributed by atoms with Crippen LogP contribution >= 0.6 is 0 Å². The largest absolute Gasteiger partial charge is 0.508 e. The maximum absolute atomic E-state index is 13.0. The SMILES string of the molecule is CC(C)CN(CC(O)c1ccc(F)cc1)C(=O)c1cccc(O)c1. The molecule has 2 rings (SSSR count). The van der Waals surface area contributed by atoms with Gasteiger partial charge in [-0.3, -0.25) is 4.79 Å². The Labute approximate surface area is 141 Å². The number of nitrogens with zero attached hydrogens (tertiary/aromatic N) is 1. The first kappa shape index (κ1) is 17.9. The van der Waals surface area contributed by atoms with Gasteiger partial charge >= 0.3 is 0 Å². The molecule has 0 saturated heterocycles. The summed E-state index contributed by atoms with van der Waals surface area (Å²) >= 11 is 0. The molecule has 2 aromatic carbocycles. The predicted octanol–water partition coefficient (Wildman–Crippen LogP) is 3.36. The number of aliphatic hydroxyl groups is 1. The van der Waals surface area contributed by atoms with E-state index >= 15 is 0 Å². The molecule has 1 atom stereocenters. The van der Waals surface area contributed by atoms with Crippen molar-refractivity contribution >= 4 is 5.91 Å². The molecule has 0 aliphatic heterocycles. The van der Waals surface area contributed by atoms with Gasteiger partial charge in [-0.2, -0.15) is 0 Å². The minimum Gasteiger partial charge on any atom is -0.508 e. The number of rotatable bonds is 6. The summed E-state index contributed by atoms with van der Waals surface area (Å²) in [5.74, 6) is -0.405. The second kappa shape index (κ2) is 7.93. The van der Waals surface area contributed by atoms with Gasteiger partial charge in [-0.1, -0.05) is 32.0 Å². The van der Waals surface area contributed by atoms with Crippen molar-refractivity contribution in [1.29, 1.82) is 0 Å². The molecule has 2 aromatic rings. The fraction of sp³-hybridized carbons (Fsp3) is 0.316. The lowest BCUT2D eigenvalue weighted by molar-refractivity contribution is 0.0594. The van der Waals surface area contributed by atoms with Gasteiger partial charge in [-0.25, -0.2) is 4.39 Å². The van der Waals surface area contributed by atoms with E-state index in [-0.39, 0.29) is 29.9 Å². The second-order valence-corrected chi connectivity index (χ2v) is 6.22. The summed E-state index contributed by atoms with van der Waals surface area (Å²) in [6.07, 6.45) is -0.911. The molecule has 1 amide bonds. The standard InChI is InChI=1S/C19H22FNO3/c1-13(2)11-21(19(24)15-4-3-5-17(22)10-15)12-18(23)14-6-8-16(20)9-7-14/h3-10,13,18,22-23H,11-12H2,1-2H3.